The van der Waals surface area contributed by atoms with Gasteiger partial charge in [-0.15, -0.1) is 11.3 Å². The number of nitrogens with one attached hydrogen (secondary N) is 2. The van der Waals surface area contributed by atoms with Gasteiger partial charge in [0.15, 0.2) is 0 Å². The van der Waals surface area contributed by atoms with E-state index in [0.717, 1.165) is 6.54 Å². The smallest absolute Gasteiger partial charge is 0.265 e. The number of likely N-dealkylation sites (N-methyl/N-ethyl adjacent to an activating group) is 1. The first-order valence-corrected chi connectivity index (χ1v) is 8.30. The second-order valence-corrected chi connectivity index (χ2v) is 6.54. The number of carbonyl (C=O) groups excluding carboxylic acids is 2. The molecule has 0 saturated carbocycles. The molecule has 23 heavy (non-hydrogen) atoms. The summed E-state index contributed by atoms with van der Waals surface area (Å²) in [6, 6.07) is 8.35. The van der Waals surface area contributed by atoms with Crippen LogP contribution in [0, 0.1) is 0 Å². The lowest BCUT2D eigenvalue weighted by molar-refractivity contribution is 0.0949. The average molecular weight is 352 g/mol. The highest BCUT2D eigenvalue weighted by atomic mass is 35.5. The molecule has 0 aliphatic carbocycles. The monoisotopic (exact) mass is 351 g/mol. The van der Waals surface area contributed by atoms with Crippen LogP contribution in [-0.2, 0) is 0 Å². The molecule has 0 unspecified atom stereocenters. The first kappa shape index (κ1) is 17.5. The minimum atomic E-state index is -0.243. The summed E-state index contributed by atoms with van der Waals surface area (Å²) in [6.45, 7) is 1.30. The lowest BCUT2D eigenvalue weighted by atomic mass is 10.2. The van der Waals surface area contributed by atoms with Crippen LogP contribution in [0.5, 0.6) is 0 Å². The Labute approximate surface area is 144 Å². The number of hydrogen-bond donors (Lipinski definition) is 2. The summed E-state index contributed by atoms with van der Waals surface area (Å²) in [5, 5.41) is 7.77. The summed E-state index contributed by atoms with van der Waals surface area (Å²) < 4.78 is 0. The summed E-state index contributed by atoms with van der Waals surface area (Å²) >= 11 is 7.44. The van der Waals surface area contributed by atoms with E-state index in [1.807, 2.05) is 24.4 Å². The Morgan fingerprint density at radius 3 is 2.65 bits per heavy atom. The normalized spacial score (nSPS) is 10.6. The predicted molar refractivity (Wildman–Crippen MR) is 94.6 cm³/mol. The molecule has 1 aromatic carbocycles. The van der Waals surface area contributed by atoms with Gasteiger partial charge in [0.1, 0.15) is 0 Å². The molecule has 7 heteroatoms. The van der Waals surface area contributed by atoms with E-state index in [2.05, 4.69) is 10.6 Å². The molecule has 2 N–H and O–H groups in total. The summed E-state index contributed by atoms with van der Waals surface area (Å²) in [7, 11) is 3.87. The Bertz CT molecular complexity index is 687. The van der Waals surface area contributed by atoms with Crippen molar-refractivity contribution in [3.05, 3.63) is 51.2 Å². The van der Waals surface area contributed by atoms with Crippen LogP contribution >= 0.6 is 22.9 Å². The van der Waals surface area contributed by atoms with E-state index >= 15 is 0 Å². The average Bonchev–Trinajstić information content (AvgIpc) is 3.03. The van der Waals surface area contributed by atoms with Gasteiger partial charge in [0, 0.05) is 18.7 Å². The molecule has 0 aliphatic heterocycles. The molecular formula is C16H18ClN3O2S. The fraction of sp³-hybridized carbons (Fsp3) is 0.250. The van der Waals surface area contributed by atoms with E-state index in [1.165, 1.54) is 11.3 Å². The van der Waals surface area contributed by atoms with Crippen molar-refractivity contribution < 1.29 is 9.59 Å². The molecule has 0 atom stereocenters. The molecule has 1 heterocycles. The van der Waals surface area contributed by atoms with Gasteiger partial charge in [-0.3, -0.25) is 9.59 Å². The van der Waals surface area contributed by atoms with Crippen LogP contribution in [0.1, 0.15) is 20.0 Å². The van der Waals surface area contributed by atoms with Gasteiger partial charge in [-0.1, -0.05) is 17.7 Å². The van der Waals surface area contributed by atoms with Crippen molar-refractivity contribution in [2.24, 2.45) is 0 Å². The van der Waals surface area contributed by atoms with Crippen molar-refractivity contribution in [3.8, 4) is 0 Å². The highest BCUT2D eigenvalue weighted by Crippen LogP contribution is 2.24. The Kier molecular flexibility index (Phi) is 6.15. The number of anilines is 1. The van der Waals surface area contributed by atoms with Crippen LogP contribution in [0.3, 0.4) is 0 Å². The third kappa shape index (κ3) is 5.06. The minimum Gasteiger partial charge on any atom is -0.351 e. The maximum atomic E-state index is 12.1. The fourth-order valence-corrected chi connectivity index (χ4v) is 2.63. The van der Waals surface area contributed by atoms with Crippen LogP contribution in [0.15, 0.2) is 35.7 Å². The zero-order valence-corrected chi connectivity index (χ0v) is 14.5. The quantitative estimate of drug-likeness (QED) is 0.841. The fourth-order valence-electron chi connectivity index (χ4n) is 1.85. The molecule has 2 aromatic rings. The van der Waals surface area contributed by atoms with Crippen molar-refractivity contribution in [2.75, 3.05) is 32.5 Å². The van der Waals surface area contributed by atoms with Gasteiger partial charge in [0.05, 0.1) is 15.6 Å². The van der Waals surface area contributed by atoms with Crippen LogP contribution in [0.2, 0.25) is 5.02 Å². The number of benzene rings is 1. The molecule has 122 valence electrons. The van der Waals surface area contributed by atoms with E-state index in [9.17, 15) is 9.59 Å². The summed E-state index contributed by atoms with van der Waals surface area (Å²) in [5.41, 5.74) is 0.875. The van der Waals surface area contributed by atoms with Gasteiger partial charge in [0.2, 0.25) is 0 Å². The summed E-state index contributed by atoms with van der Waals surface area (Å²) in [6.07, 6.45) is 0. The topological polar surface area (TPSA) is 61.4 Å². The van der Waals surface area contributed by atoms with Gasteiger partial charge in [0.25, 0.3) is 11.8 Å². The van der Waals surface area contributed by atoms with Crippen LogP contribution < -0.4 is 10.6 Å². The van der Waals surface area contributed by atoms with Crippen molar-refractivity contribution >= 4 is 40.4 Å². The molecular weight excluding hydrogens is 334 g/mol. The Balaban J connectivity index is 2.06. The van der Waals surface area contributed by atoms with E-state index in [1.54, 1.807) is 30.3 Å². The maximum absolute atomic E-state index is 12.1. The van der Waals surface area contributed by atoms with Crippen LogP contribution in [0.4, 0.5) is 5.69 Å². The number of halogens is 1. The van der Waals surface area contributed by atoms with Crippen molar-refractivity contribution in [2.45, 2.75) is 0 Å². The number of rotatable bonds is 6. The standard InChI is InChI=1S/C16H18ClN3O2S/c1-20(2)8-7-18-15(21)11-5-6-12(17)13(10-11)19-16(22)14-4-3-9-23-14/h3-6,9-10H,7-8H2,1-2H3,(H,18,21)(H,19,22). The molecule has 5 nitrogen and oxygen atoms in total. The first-order valence-electron chi connectivity index (χ1n) is 7.04. The van der Waals surface area contributed by atoms with Crippen molar-refractivity contribution in [1.82, 2.24) is 10.2 Å². The zero-order chi connectivity index (χ0) is 16.8. The van der Waals surface area contributed by atoms with Crippen LogP contribution in [-0.4, -0.2) is 43.9 Å². The third-order valence-corrected chi connectivity index (χ3v) is 4.26. The van der Waals surface area contributed by atoms with E-state index in [4.69, 9.17) is 11.6 Å². The molecule has 0 bridgehead atoms. The number of nitrogens with zero attached hydrogens (tertiary/aromatic N) is 1. The van der Waals surface area contributed by atoms with E-state index in [0.29, 0.717) is 27.7 Å². The number of amides is 2. The third-order valence-electron chi connectivity index (χ3n) is 3.07. The first-order chi connectivity index (χ1) is 11.0. The van der Waals surface area contributed by atoms with Gasteiger partial charge in [-0.05, 0) is 43.7 Å². The molecule has 0 aliphatic rings. The second kappa shape index (κ2) is 8.10. The Hall–Kier alpha value is -1.89. The highest BCUT2D eigenvalue weighted by Gasteiger charge is 2.12. The SMILES string of the molecule is CN(C)CCNC(=O)c1ccc(Cl)c(NC(=O)c2cccs2)c1. The van der Waals surface area contributed by atoms with Crippen molar-refractivity contribution in [1.29, 1.82) is 0 Å². The number of thiophene rings is 1. The minimum absolute atomic E-state index is 0.199. The molecule has 2 rings (SSSR count). The maximum Gasteiger partial charge on any atom is 0.265 e. The van der Waals surface area contributed by atoms with Crippen LogP contribution in [0.25, 0.3) is 0 Å². The Morgan fingerprint density at radius 2 is 2.00 bits per heavy atom. The van der Waals surface area contributed by atoms with Gasteiger partial charge in [-0.2, -0.15) is 0 Å². The summed E-state index contributed by atoms with van der Waals surface area (Å²) in [5.74, 6) is -0.442. The largest absolute Gasteiger partial charge is 0.351 e. The van der Waals surface area contributed by atoms with Gasteiger partial charge < -0.3 is 15.5 Å². The molecule has 1 aromatic heterocycles. The van der Waals surface area contributed by atoms with Gasteiger partial charge >= 0.3 is 0 Å². The van der Waals surface area contributed by atoms with Crippen molar-refractivity contribution in [3.63, 3.8) is 0 Å². The zero-order valence-electron chi connectivity index (χ0n) is 12.9. The number of hydrogen-bond acceptors (Lipinski definition) is 4. The Morgan fingerprint density at radius 1 is 1.22 bits per heavy atom. The molecule has 0 fully saturated rings. The van der Waals surface area contributed by atoms with E-state index in [-0.39, 0.29) is 11.8 Å². The number of carbonyl (C=O) groups is 2. The second-order valence-electron chi connectivity index (χ2n) is 5.19. The summed E-state index contributed by atoms with van der Waals surface area (Å²) in [4.78, 5) is 26.8. The molecule has 2 amide bonds. The molecule has 0 spiro atoms. The lowest BCUT2D eigenvalue weighted by Crippen LogP contribution is -2.31. The molecule has 0 saturated heterocycles. The lowest BCUT2D eigenvalue weighted by Gasteiger charge is -2.12. The predicted octanol–water partition coefficient (Wildman–Crippen LogP) is 2.95. The van der Waals surface area contributed by atoms with Gasteiger partial charge in [-0.25, -0.2) is 0 Å². The molecule has 0 radical (unpaired) electrons. The highest BCUT2D eigenvalue weighted by molar-refractivity contribution is 7.12. The van der Waals surface area contributed by atoms with E-state index < -0.39 is 0 Å².